The van der Waals surface area contributed by atoms with E-state index in [0.717, 1.165) is 5.56 Å². The van der Waals surface area contributed by atoms with E-state index in [2.05, 4.69) is 21.2 Å². The van der Waals surface area contributed by atoms with Crippen molar-refractivity contribution in [2.45, 2.75) is 32.0 Å². The van der Waals surface area contributed by atoms with Crippen molar-refractivity contribution in [2.75, 3.05) is 11.9 Å². The standard InChI is InChI=1S/C14H14BrF3N2O2/c1-8-4-5-10(9(15)7-8)19-12(21)11-3-2-6-20(11)13(22)14(16,17)18/h4-5,7,11H,2-3,6H2,1H3,(H,19,21). The molecule has 0 radical (unpaired) electrons. The predicted molar refractivity (Wildman–Crippen MR) is 78.3 cm³/mol. The first-order chi connectivity index (χ1) is 10.2. The predicted octanol–water partition coefficient (Wildman–Crippen LogP) is 3.25. The molecule has 0 aromatic heterocycles. The molecule has 1 N–H and O–H groups in total. The Morgan fingerprint density at radius 2 is 2.05 bits per heavy atom. The van der Waals surface area contributed by atoms with Crippen molar-refractivity contribution < 1.29 is 22.8 Å². The highest BCUT2D eigenvalue weighted by atomic mass is 79.9. The number of hydrogen-bond acceptors (Lipinski definition) is 2. The van der Waals surface area contributed by atoms with Crippen LogP contribution in [0.5, 0.6) is 0 Å². The van der Waals surface area contributed by atoms with Gasteiger partial charge in [-0.05, 0) is 53.4 Å². The molecule has 120 valence electrons. The summed E-state index contributed by atoms with van der Waals surface area (Å²) >= 11 is 3.28. The monoisotopic (exact) mass is 378 g/mol. The lowest BCUT2D eigenvalue weighted by molar-refractivity contribution is -0.186. The highest BCUT2D eigenvalue weighted by Gasteiger charge is 2.47. The number of likely N-dealkylation sites (tertiary alicyclic amines) is 1. The number of nitrogens with zero attached hydrogens (tertiary/aromatic N) is 1. The molecule has 0 saturated carbocycles. The SMILES string of the molecule is Cc1ccc(NC(=O)C2CCCN2C(=O)C(F)(F)F)c(Br)c1. The third-order valence-corrected chi connectivity index (χ3v) is 4.10. The lowest BCUT2D eigenvalue weighted by atomic mass is 10.2. The number of benzene rings is 1. The van der Waals surface area contributed by atoms with Crippen molar-refractivity contribution in [3.8, 4) is 0 Å². The highest BCUT2D eigenvalue weighted by Crippen LogP contribution is 2.28. The van der Waals surface area contributed by atoms with E-state index in [-0.39, 0.29) is 13.0 Å². The summed E-state index contributed by atoms with van der Waals surface area (Å²) in [4.78, 5) is 24.2. The number of amides is 2. The van der Waals surface area contributed by atoms with Gasteiger partial charge in [0.2, 0.25) is 5.91 Å². The van der Waals surface area contributed by atoms with Gasteiger partial charge in [-0.15, -0.1) is 0 Å². The summed E-state index contributed by atoms with van der Waals surface area (Å²) in [5.41, 5.74) is 1.43. The van der Waals surface area contributed by atoms with Crippen molar-refractivity contribution in [2.24, 2.45) is 0 Å². The summed E-state index contributed by atoms with van der Waals surface area (Å²) in [7, 11) is 0. The maximum Gasteiger partial charge on any atom is 0.471 e. The van der Waals surface area contributed by atoms with Gasteiger partial charge in [0.05, 0.1) is 5.69 Å². The van der Waals surface area contributed by atoms with Gasteiger partial charge in [-0.2, -0.15) is 13.2 Å². The summed E-state index contributed by atoms with van der Waals surface area (Å²) in [5.74, 6) is -2.58. The normalized spacial score (nSPS) is 18.4. The average molecular weight is 379 g/mol. The molecular formula is C14H14BrF3N2O2. The van der Waals surface area contributed by atoms with E-state index < -0.39 is 24.0 Å². The Morgan fingerprint density at radius 1 is 1.36 bits per heavy atom. The number of carbonyl (C=O) groups is 2. The molecule has 0 bridgehead atoms. The molecular weight excluding hydrogens is 365 g/mol. The number of rotatable bonds is 2. The summed E-state index contributed by atoms with van der Waals surface area (Å²) in [6.45, 7) is 1.81. The molecule has 1 aromatic carbocycles. The Morgan fingerprint density at radius 3 is 2.64 bits per heavy atom. The van der Waals surface area contributed by atoms with Crippen molar-refractivity contribution >= 4 is 33.4 Å². The number of aryl methyl sites for hydroxylation is 1. The molecule has 1 fully saturated rings. The van der Waals surface area contributed by atoms with Crippen molar-refractivity contribution in [1.82, 2.24) is 4.90 Å². The smallest absolute Gasteiger partial charge is 0.323 e. The van der Waals surface area contributed by atoms with Crippen molar-refractivity contribution in [3.05, 3.63) is 28.2 Å². The fourth-order valence-corrected chi connectivity index (χ4v) is 2.98. The number of anilines is 1. The van der Waals surface area contributed by atoms with Gasteiger partial charge >= 0.3 is 12.1 Å². The van der Waals surface area contributed by atoms with Crippen LogP contribution in [0.4, 0.5) is 18.9 Å². The zero-order valence-corrected chi connectivity index (χ0v) is 13.3. The summed E-state index contributed by atoms with van der Waals surface area (Å²) in [6.07, 6.45) is -4.38. The molecule has 1 heterocycles. The largest absolute Gasteiger partial charge is 0.471 e. The zero-order valence-electron chi connectivity index (χ0n) is 11.7. The van der Waals surface area contributed by atoms with Crippen molar-refractivity contribution in [3.63, 3.8) is 0 Å². The van der Waals surface area contributed by atoms with Crippen LogP contribution in [0, 0.1) is 6.92 Å². The lowest BCUT2D eigenvalue weighted by Gasteiger charge is -2.25. The molecule has 22 heavy (non-hydrogen) atoms. The molecule has 0 spiro atoms. The third kappa shape index (κ3) is 3.60. The first-order valence-corrected chi connectivity index (χ1v) is 7.44. The van der Waals surface area contributed by atoms with Crippen LogP contribution in [-0.2, 0) is 9.59 Å². The maximum absolute atomic E-state index is 12.5. The summed E-state index contributed by atoms with van der Waals surface area (Å²) in [5, 5.41) is 2.57. The molecule has 4 nitrogen and oxygen atoms in total. The minimum atomic E-state index is -4.96. The first kappa shape index (κ1) is 16.8. The van der Waals surface area contributed by atoms with Gasteiger partial charge in [0.25, 0.3) is 0 Å². The van der Waals surface area contributed by atoms with E-state index in [1.54, 1.807) is 18.2 Å². The molecule has 1 unspecified atom stereocenters. The Balaban J connectivity index is 2.13. The summed E-state index contributed by atoms with van der Waals surface area (Å²) < 4.78 is 38.3. The molecule has 8 heteroatoms. The van der Waals surface area contributed by atoms with Gasteiger partial charge in [-0.3, -0.25) is 9.59 Å². The fourth-order valence-electron chi connectivity index (χ4n) is 2.38. The topological polar surface area (TPSA) is 49.4 Å². The second kappa shape index (κ2) is 6.28. The van der Waals surface area contributed by atoms with Crippen LogP contribution in [0.25, 0.3) is 0 Å². The number of nitrogens with one attached hydrogen (secondary N) is 1. The van der Waals surface area contributed by atoms with Crippen LogP contribution >= 0.6 is 15.9 Å². The van der Waals surface area contributed by atoms with E-state index in [9.17, 15) is 22.8 Å². The summed E-state index contributed by atoms with van der Waals surface area (Å²) in [6, 6.07) is 4.11. The maximum atomic E-state index is 12.5. The molecule has 2 amide bonds. The number of alkyl halides is 3. The number of carbonyl (C=O) groups excluding carboxylic acids is 2. The molecule has 1 atom stereocenters. The van der Waals surface area contributed by atoms with Crippen molar-refractivity contribution in [1.29, 1.82) is 0 Å². The average Bonchev–Trinajstić information content (AvgIpc) is 2.89. The number of halogens is 4. The molecule has 1 aliphatic rings. The van der Waals surface area contributed by atoms with Gasteiger partial charge < -0.3 is 10.2 Å². The van der Waals surface area contributed by atoms with E-state index >= 15 is 0 Å². The Labute approximate surface area is 133 Å². The molecule has 1 aliphatic heterocycles. The third-order valence-electron chi connectivity index (χ3n) is 3.44. The van der Waals surface area contributed by atoms with Crippen LogP contribution in [0.3, 0.4) is 0 Å². The lowest BCUT2D eigenvalue weighted by Crippen LogP contribution is -2.48. The number of hydrogen-bond donors (Lipinski definition) is 1. The quantitative estimate of drug-likeness (QED) is 0.858. The van der Waals surface area contributed by atoms with E-state index in [1.165, 1.54) is 0 Å². The minimum Gasteiger partial charge on any atom is -0.323 e. The van der Waals surface area contributed by atoms with Crippen LogP contribution in [0.15, 0.2) is 22.7 Å². The molecule has 1 saturated heterocycles. The molecule has 1 aromatic rings. The van der Waals surface area contributed by atoms with E-state index in [1.807, 2.05) is 6.92 Å². The van der Waals surface area contributed by atoms with E-state index in [0.29, 0.717) is 21.5 Å². The second-order valence-electron chi connectivity index (χ2n) is 5.13. The Kier molecular flexibility index (Phi) is 4.79. The van der Waals surface area contributed by atoms with Gasteiger partial charge in [-0.1, -0.05) is 6.07 Å². The van der Waals surface area contributed by atoms with Gasteiger partial charge in [-0.25, -0.2) is 0 Å². The fraction of sp³-hybridized carbons (Fsp3) is 0.429. The highest BCUT2D eigenvalue weighted by molar-refractivity contribution is 9.10. The zero-order chi connectivity index (χ0) is 16.5. The first-order valence-electron chi connectivity index (χ1n) is 6.65. The van der Waals surface area contributed by atoms with Crippen LogP contribution < -0.4 is 5.32 Å². The van der Waals surface area contributed by atoms with Crippen LogP contribution in [0.2, 0.25) is 0 Å². The van der Waals surface area contributed by atoms with Crippen LogP contribution in [-0.4, -0.2) is 35.5 Å². The van der Waals surface area contributed by atoms with Gasteiger partial charge in [0.15, 0.2) is 0 Å². The molecule has 0 aliphatic carbocycles. The van der Waals surface area contributed by atoms with Gasteiger partial charge in [0.1, 0.15) is 6.04 Å². The molecule has 2 rings (SSSR count). The Bertz CT molecular complexity index is 604. The van der Waals surface area contributed by atoms with Crippen LogP contribution in [0.1, 0.15) is 18.4 Å². The second-order valence-corrected chi connectivity index (χ2v) is 5.98. The Hall–Kier alpha value is -1.57. The minimum absolute atomic E-state index is 0.0640. The van der Waals surface area contributed by atoms with Gasteiger partial charge in [0, 0.05) is 11.0 Å². The van der Waals surface area contributed by atoms with E-state index in [4.69, 9.17) is 0 Å².